The Labute approximate surface area is 354 Å². The molecule has 12 heteroatoms. The van der Waals surface area contributed by atoms with Crippen molar-refractivity contribution in [2.24, 2.45) is 0 Å². The Morgan fingerprint density at radius 3 is 1.16 bits per heavy atom. The highest BCUT2D eigenvalue weighted by Gasteiger charge is 2.19. The highest BCUT2D eigenvalue weighted by Crippen LogP contribution is 2.30. The molecule has 0 atom stereocenters. The monoisotopic (exact) mass is 836 g/mol. The van der Waals surface area contributed by atoms with Gasteiger partial charge in [-0.2, -0.15) is 0 Å². The van der Waals surface area contributed by atoms with Crippen LogP contribution in [-0.2, 0) is 0 Å². The third-order valence-corrected chi connectivity index (χ3v) is 9.59. The number of ether oxygens (including phenoxy) is 6. The van der Waals surface area contributed by atoms with E-state index in [9.17, 15) is 28.0 Å². The van der Waals surface area contributed by atoms with Gasteiger partial charge in [0.15, 0.2) is 23.1 Å². The summed E-state index contributed by atoms with van der Waals surface area (Å²) in [5.74, 6) is -3.71. The van der Waals surface area contributed by atoms with Crippen molar-refractivity contribution >= 4 is 23.9 Å². The van der Waals surface area contributed by atoms with E-state index in [2.05, 4.69) is 13.8 Å². The highest BCUT2D eigenvalue weighted by molar-refractivity contribution is 5.94. The highest BCUT2D eigenvalue weighted by atomic mass is 19.1. The Morgan fingerprint density at radius 1 is 0.426 bits per heavy atom. The fourth-order valence-electron chi connectivity index (χ4n) is 6.05. The molecule has 0 unspecified atom stereocenters. The molecule has 5 rings (SSSR count). The summed E-state index contributed by atoms with van der Waals surface area (Å²) in [4.78, 5) is 51.5. The van der Waals surface area contributed by atoms with Crippen LogP contribution in [0.15, 0.2) is 103 Å². The molecule has 0 amide bonds. The first-order valence-corrected chi connectivity index (χ1v) is 20.6. The summed E-state index contributed by atoms with van der Waals surface area (Å²) >= 11 is 0. The maximum atomic E-state index is 14.6. The minimum atomic E-state index is -0.786. The summed E-state index contributed by atoms with van der Waals surface area (Å²) in [5.41, 5.74) is 0.645. The Balaban J connectivity index is 1.09. The molecule has 5 aromatic carbocycles. The Morgan fingerprint density at radius 2 is 0.787 bits per heavy atom. The van der Waals surface area contributed by atoms with E-state index in [-0.39, 0.29) is 56.8 Å². The average molecular weight is 837 g/mol. The van der Waals surface area contributed by atoms with Gasteiger partial charge >= 0.3 is 23.9 Å². The molecule has 0 aliphatic carbocycles. The first-order chi connectivity index (χ1) is 29.6. The van der Waals surface area contributed by atoms with Gasteiger partial charge < -0.3 is 28.4 Å². The van der Waals surface area contributed by atoms with Crippen molar-refractivity contribution in [3.63, 3.8) is 0 Å². The Bertz CT molecular complexity index is 2100. The number of benzene rings is 5. The first kappa shape index (κ1) is 45.5. The van der Waals surface area contributed by atoms with E-state index in [1.807, 2.05) is 0 Å². The molecule has 61 heavy (non-hydrogen) atoms. The average Bonchev–Trinajstić information content (AvgIpc) is 3.26. The van der Waals surface area contributed by atoms with Crippen molar-refractivity contribution in [3.05, 3.63) is 143 Å². The van der Waals surface area contributed by atoms with Crippen LogP contribution in [0.3, 0.4) is 0 Å². The zero-order valence-electron chi connectivity index (χ0n) is 34.6. The van der Waals surface area contributed by atoms with Gasteiger partial charge in [0.25, 0.3) is 0 Å². The molecule has 0 radical (unpaired) electrons. The smallest absolute Gasteiger partial charge is 0.343 e. The van der Waals surface area contributed by atoms with E-state index in [0.717, 1.165) is 76.3 Å². The van der Waals surface area contributed by atoms with Crippen LogP contribution in [0.25, 0.3) is 0 Å². The van der Waals surface area contributed by atoms with E-state index in [1.165, 1.54) is 84.9 Å². The van der Waals surface area contributed by atoms with Crippen molar-refractivity contribution in [2.75, 3.05) is 13.2 Å². The quantitative estimate of drug-likeness (QED) is 0.0378. The van der Waals surface area contributed by atoms with E-state index >= 15 is 0 Å². The molecule has 0 saturated carbocycles. The predicted molar refractivity (Wildman–Crippen MR) is 225 cm³/mol. The number of halogens is 2. The molecule has 0 aromatic heterocycles. The van der Waals surface area contributed by atoms with Crippen LogP contribution in [0.2, 0.25) is 0 Å². The van der Waals surface area contributed by atoms with Crippen molar-refractivity contribution in [1.29, 1.82) is 0 Å². The predicted octanol–water partition coefficient (Wildman–Crippen LogP) is 11.8. The number of unbranched alkanes of at least 4 members (excludes halogenated alkanes) is 8. The third kappa shape index (κ3) is 13.7. The Hall–Kier alpha value is -6.56. The molecule has 320 valence electrons. The molecule has 0 heterocycles. The second-order valence-corrected chi connectivity index (χ2v) is 14.3. The van der Waals surface area contributed by atoms with Crippen molar-refractivity contribution in [2.45, 2.75) is 85.0 Å². The van der Waals surface area contributed by atoms with Gasteiger partial charge in [0, 0.05) is 5.56 Å². The normalized spacial score (nSPS) is 10.8. The summed E-state index contributed by atoms with van der Waals surface area (Å²) < 4.78 is 62.2. The minimum Gasteiger partial charge on any atom is -0.491 e. The molecule has 0 bridgehead atoms. The van der Waals surface area contributed by atoms with Gasteiger partial charge in [-0.1, -0.05) is 71.3 Å². The van der Waals surface area contributed by atoms with Gasteiger partial charge in [-0.05, 0) is 117 Å². The number of hydrogen-bond donors (Lipinski definition) is 0. The fourth-order valence-corrected chi connectivity index (χ4v) is 6.05. The van der Waals surface area contributed by atoms with Crippen LogP contribution >= 0.6 is 0 Å². The minimum absolute atomic E-state index is 0.00375. The molecule has 10 nitrogen and oxygen atoms in total. The van der Waals surface area contributed by atoms with E-state index in [1.54, 1.807) is 13.0 Å². The lowest BCUT2D eigenvalue weighted by Crippen LogP contribution is -2.13. The maximum Gasteiger partial charge on any atom is 0.343 e. The topological polar surface area (TPSA) is 124 Å². The summed E-state index contributed by atoms with van der Waals surface area (Å²) in [5, 5.41) is 0. The summed E-state index contributed by atoms with van der Waals surface area (Å²) in [6.07, 6.45) is 10.4. The Kier molecular flexibility index (Phi) is 17.4. The van der Waals surface area contributed by atoms with Crippen molar-refractivity contribution in [3.8, 4) is 34.5 Å². The number of rotatable bonds is 22. The molecule has 0 fully saturated rings. The van der Waals surface area contributed by atoms with Gasteiger partial charge in [0.05, 0.1) is 35.5 Å². The SMILES string of the molecule is CCCCCCCOc1ccc(C(=O)Oc2ccc(C(=O)Oc3cccc(OC(=O)c4ccc(OC(=O)c5ccc(OCCCCCCC)c(F)c5)cc4)c3C)cc2)cc1F. The molecular weight excluding hydrogens is 787 g/mol. The lowest BCUT2D eigenvalue weighted by molar-refractivity contribution is 0.0721. The van der Waals surface area contributed by atoms with Gasteiger partial charge in [0.1, 0.15) is 23.0 Å². The lowest BCUT2D eigenvalue weighted by Gasteiger charge is -2.12. The van der Waals surface area contributed by atoms with Gasteiger partial charge in [-0.3, -0.25) is 0 Å². The van der Waals surface area contributed by atoms with E-state index in [4.69, 9.17) is 28.4 Å². The number of carbonyl (C=O) groups excluding carboxylic acids is 4. The van der Waals surface area contributed by atoms with Crippen LogP contribution < -0.4 is 28.4 Å². The maximum absolute atomic E-state index is 14.6. The number of carbonyl (C=O) groups is 4. The second kappa shape index (κ2) is 23.3. The van der Waals surface area contributed by atoms with Crippen LogP contribution in [0.4, 0.5) is 8.78 Å². The molecule has 0 aliphatic heterocycles. The van der Waals surface area contributed by atoms with Gasteiger partial charge in [-0.15, -0.1) is 0 Å². The van der Waals surface area contributed by atoms with E-state index < -0.39 is 35.5 Å². The van der Waals surface area contributed by atoms with Crippen LogP contribution in [0.5, 0.6) is 34.5 Å². The molecule has 0 N–H and O–H groups in total. The zero-order valence-corrected chi connectivity index (χ0v) is 34.6. The molecule has 0 aliphatic rings. The van der Waals surface area contributed by atoms with Crippen LogP contribution in [0.1, 0.15) is 125 Å². The standard InChI is InChI=1S/C49H50F2O10/c1-4-6-8-10-12-29-56-44-27-21-36(31-40(44)50)48(54)58-38-23-17-34(18-24-38)46(52)60-42-15-14-16-43(33(42)3)61-47(53)35-19-25-39(26-20-35)59-49(55)37-22-28-45(41(51)32-37)57-30-13-11-9-7-5-2/h14-28,31-32H,4-13,29-30H2,1-3H3. The first-order valence-electron chi connectivity index (χ1n) is 20.6. The van der Waals surface area contributed by atoms with E-state index in [0.29, 0.717) is 18.8 Å². The van der Waals surface area contributed by atoms with Crippen molar-refractivity contribution < 1.29 is 56.4 Å². The summed E-state index contributed by atoms with van der Waals surface area (Å²) in [6, 6.07) is 23.6. The largest absolute Gasteiger partial charge is 0.491 e. The second-order valence-electron chi connectivity index (χ2n) is 14.3. The molecular formula is C49H50F2O10. The van der Waals surface area contributed by atoms with Crippen LogP contribution in [-0.4, -0.2) is 37.1 Å². The zero-order chi connectivity index (χ0) is 43.6. The van der Waals surface area contributed by atoms with Crippen LogP contribution in [0, 0.1) is 18.6 Å². The number of hydrogen-bond acceptors (Lipinski definition) is 10. The molecule has 0 spiro atoms. The molecule has 5 aromatic rings. The summed E-state index contributed by atoms with van der Waals surface area (Å²) in [7, 11) is 0. The molecule has 0 saturated heterocycles. The number of esters is 4. The fraction of sp³-hybridized carbons (Fsp3) is 0.306. The summed E-state index contributed by atoms with van der Waals surface area (Å²) in [6.45, 7) is 6.65. The van der Waals surface area contributed by atoms with Gasteiger partial charge in [0.2, 0.25) is 0 Å². The lowest BCUT2D eigenvalue weighted by atomic mass is 10.1. The van der Waals surface area contributed by atoms with Gasteiger partial charge in [-0.25, -0.2) is 28.0 Å². The third-order valence-electron chi connectivity index (χ3n) is 9.59. The van der Waals surface area contributed by atoms with Crippen molar-refractivity contribution in [1.82, 2.24) is 0 Å².